The van der Waals surface area contributed by atoms with E-state index < -0.39 is 21.9 Å². The third-order valence-corrected chi connectivity index (χ3v) is 2.53. The zero-order chi connectivity index (χ0) is 14.7. The predicted octanol–water partition coefficient (Wildman–Crippen LogP) is 2.60. The zero-order valence-electron chi connectivity index (χ0n) is 9.85. The second-order valence-corrected chi connectivity index (χ2v) is 3.69. The average Bonchev–Trinajstić information content (AvgIpc) is 2.39. The van der Waals surface area contributed by atoms with Crippen LogP contribution in [0, 0.1) is 10.1 Å². The van der Waals surface area contributed by atoms with Crippen LogP contribution in [0.3, 0.4) is 0 Å². The van der Waals surface area contributed by atoms with E-state index in [9.17, 15) is 20.0 Å². The van der Waals surface area contributed by atoms with Gasteiger partial charge in [0, 0.05) is 4.91 Å². The number of hydrogen-bond donors (Lipinski definition) is 2. The van der Waals surface area contributed by atoms with Crippen LogP contribution in [-0.4, -0.2) is 15.0 Å². The fourth-order valence-corrected chi connectivity index (χ4v) is 1.73. The fourth-order valence-electron chi connectivity index (χ4n) is 1.73. The van der Waals surface area contributed by atoms with Gasteiger partial charge in [0.25, 0.3) is 0 Å². The highest BCUT2D eigenvalue weighted by Crippen LogP contribution is 2.39. The molecule has 1 aromatic heterocycles. The van der Waals surface area contributed by atoms with Crippen LogP contribution in [0.1, 0.15) is 0 Å². The summed E-state index contributed by atoms with van der Waals surface area (Å²) in [6.07, 6.45) is 0. The van der Waals surface area contributed by atoms with Crippen LogP contribution in [-0.2, 0) is 0 Å². The summed E-state index contributed by atoms with van der Waals surface area (Å²) in [5, 5.41) is 24.0. The molecule has 0 unspecified atom stereocenters. The minimum absolute atomic E-state index is 0.102. The molecule has 1 aromatic carbocycles. The fraction of sp³-hybridized carbons (Fsp3) is 0. The van der Waals surface area contributed by atoms with Crippen molar-refractivity contribution in [2.75, 3.05) is 0 Å². The first kappa shape index (κ1) is 13.1. The summed E-state index contributed by atoms with van der Waals surface area (Å²) in [6, 6.07) is 8.06. The van der Waals surface area contributed by atoms with Crippen molar-refractivity contribution in [2.45, 2.75) is 0 Å². The van der Waals surface area contributed by atoms with Crippen LogP contribution in [0.2, 0.25) is 0 Å². The van der Waals surface area contributed by atoms with Gasteiger partial charge < -0.3 is 10.1 Å². The Morgan fingerprint density at radius 1 is 1.35 bits per heavy atom. The third-order valence-electron chi connectivity index (χ3n) is 2.53. The topological polar surface area (TPSA) is 145 Å². The van der Waals surface area contributed by atoms with Crippen LogP contribution >= 0.6 is 0 Å². The molecule has 9 heteroatoms. The maximum atomic E-state index is 11.5. The summed E-state index contributed by atoms with van der Waals surface area (Å²) >= 11 is 0. The summed E-state index contributed by atoms with van der Waals surface area (Å²) in [5.74, 6) is -1.13. The maximum Gasteiger partial charge on any atom is 0.375 e. The number of nitrogens with one attached hydrogen (secondary N) is 1. The Labute approximate surface area is 110 Å². The molecule has 0 saturated carbocycles. The van der Waals surface area contributed by atoms with Crippen molar-refractivity contribution in [3.8, 4) is 16.9 Å². The zero-order valence-corrected chi connectivity index (χ0v) is 9.85. The molecule has 0 fully saturated rings. The Balaban J connectivity index is 2.90. The third kappa shape index (κ3) is 2.16. The lowest BCUT2D eigenvalue weighted by atomic mass is 10.1. The standard InChI is InChI=1S/C11H7N5O4/c12-15-14-10-7(6-4-2-1-3-5-6)9(17)8(16(19)20)11(18)13-10/h1-5H,(H2,13,17,18). The van der Waals surface area contributed by atoms with Crippen LogP contribution in [0.15, 0.2) is 40.2 Å². The van der Waals surface area contributed by atoms with Gasteiger partial charge in [-0.15, -0.1) is 0 Å². The molecular weight excluding hydrogens is 266 g/mol. The van der Waals surface area contributed by atoms with Gasteiger partial charge in [0.1, 0.15) is 5.82 Å². The highest BCUT2D eigenvalue weighted by Gasteiger charge is 2.26. The van der Waals surface area contributed by atoms with Gasteiger partial charge in [-0.05, 0) is 16.2 Å². The van der Waals surface area contributed by atoms with E-state index in [4.69, 9.17) is 5.53 Å². The van der Waals surface area contributed by atoms with E-state index in [-0.39, 0.29) is 11.4 Å². The summed E-state index contributed by atoms with van der Waals surface area (Å²) in [4.78, 5) is 25.9. The first-order chi connectivity index (χ1) is 9.56. The number of aromatic amines is 1. The van der Waals surface area contributed by atoms with Crippen molar-refractivity contribution < 1.29 is 10.0 Å². The number of H-pyrrole nitrogens is 1. The molecule has 0 aliphatic rings. The van der Waals surface area contributed by atoms with Crippen molar-refractivity contribution in [3.63, 3.8) is 0 Å². The molecule has 0 bridgehead atoms. The van der Waals surface area contributed by atoms with Gasteiger partial charge in [-0.3, -0.25) is 14.9 Å². The summed E-state index contributed by atoms with van der Waals surface area (Å²) in [5.41, 5.74) is 6.59. The number of aromatic hydroxyl groups is 1. The highest BCUT2D eigenvalue weighted by atomic mass is 16.6. The first-order valence-electron chi connectivity index (χ1n) is 5.30. The maximum absolute atomic E-state index is 11.5. The Bertz CT molecular complexity index is 777. The Kier molecular flexibility index (Phi) is 3.36. The van der Waals surface area contributed by atoms with Crippen LogP contribution in [0.25, 0.3) is 21.6 Å². The molecule has 0 amide bonds. The molecule has 0 aliphatic heterocycles. The Hall–Kier alpha value is -3.32. The molecule has 0 spiro atoms. The molecule has 2 aromatic rings. The molecule has 2 rings (SSSR count). The van der Waals surface area contributed by atoms with Gasteiger partial charge >= 0.3 is 11.2 Å². The highest BCUT2D eigenvalue weighted by molar-refractivity contribution is 5.82. The quantitative estimate of drug-likeness (QED) is 0.291. The SMILES string of the molecule is [N-]=[N+]=Nc1[nH]c(=O)c([N+](=O)[O-])c(O)c1-c1ccccc1. The van der Waals surface area contributed by atoms with Gasteiger partial charge in [0.05, 0.1) is 10.5 Å². The second-order valence-electron chi connectivity index (χ2n) is 3.69. The average molecular weight is 273 g/mol. The van der Waals surface area contributed by atoms with E-state index in [1.54, 1.807) is 30.3 Å². The minimum atomic E-state index is -1.14. The van der Waals surface area contributed by atoms with Gasteiger partial charge in [-0.1, -0.05) is 30.3 Å². The summed E-state index contributed by atoms with van der Waals surface area (Å²) in [7, 11) is 0. The minimum Gasteiger partial charge on any atom is -0.501 e. The van der Waals surface area contributed by atoms with Crippen molar-refractivity contribution >= 4 is 11.5 Å². The lowest BCUT2D eigenvalue weighted by Crippen LogP contribution is -2.12. The van der Waals surface area contributed by atoms with E-state index in [2.05, 4.69) is 15.0 Å². The number of azide groups is 1. The summed E-state index contributed by atoms with van der Waals surface area (Å²) in [6.45, 7) is 0. The Morgan fingerprint density at radius 2 is 2.00 bits per heavy atom. The second kappa shape index (κ2) is 5.12. The number of nitro groups is 1. The molecular formula is C11H7N5O4. The van der Waals surface area contributed by atoms with E-state index in [0.717, 1.165) is 0 Å². The van der Waals surface area contributed by atoms with Crippen LogP contribution in [0.5, 0.6) is 5.75 Å². The molecule has 0 saturated heterocycles. The molecule has 100 valence electrons. The first-order valence-corrected chi connectivity index (χ1v) is 5.30. The number of pyridine rings is 1. The van der Waals surface area contributed by atoms with Crippen LogP contribution in [0.4, 0.5) is 11.5 Å². The van der Waals surface area contributed by atoms with E-state index >= 15 is 0 Å². The molecule has 1 heterocycles. The van der Waals surface area contributed by atoms with E-state index in [0.29, 0.717) is 5.56 Å². The smallest absolute Gasteiger partial charge is 0.375 e. The van der Waals surface area contributed by atoms with Gasteiger partial charge in [0.15, 0.2) is 0 Å². The summed E-state index contributed by atoms with van der Waals surface area (Å²) < 4.78 is 0. The molecule has 0 aliphatic carbocycles. The van der Waals surface area contributed by atoms with Crippen molar-refractivity contribution in [1.82, 2.24) is 4.98 Å². The number of nitrogens with zero attached hydrogens (tertiary/aromatic N) is 4. The van der Waals surface area contributed by atoms with Gasteiger partial charge in [-0.2, -0.15) is 0 Å². The predicted molar refractivity (Wildman–Crippen MR) is 69.6 cm³/mol. The van der Waals surface area contributed by atoms with E-state index in [1.165, 1.54) is 0 Å². The van der Waals surface area contributed by atoms with Gasteiger partial charge in [0.2, 0.25) is 5.75 Å². The number of aromatic nitrogens is 1. The Morgan fingerprint density at radius 3 is 2.55 bits per heavy atom. The van der Waals surface area contributed by atoms with Gasteiger partial charge in [-0.25, -0.2) is 0 Å². The number of benzene rings is 1. The number of hydrogen-bond acceptors (Lipinski definition) is 5. The molecule has 0 radical (unpaired) electrons. The normalized spacial score (nSPS) is 9.80. The van der Waals surface area contributed by atoms with Crippen molar-refractivity contribution in [3.05, 3.63) is 61.2 Å². The molecule has 9 nitrogen and oxygen atoms in total. The van der Waals surface area contributed by atoms with Crippen LogP contribution < -0.4 is 5.56 Å². The molecule has 20 heavy (non-hydrogen) atoms. The lowest BCUT2D eigenvalue weighted by molar-refractivity contribution is -0.387. The molecule has 2 N–H and O–H groups in total. The lowest BCUT2D eigenvalue weighted by Gasteiger charge is -2.07. The van der Waals surface area contributed by atoms with Crippen molar-refractivity contribution in [2.24, 2.45) is 5.11 Å². The van der Waals surface area contributed by atoms with Crippen molar-refractivity contribution in [1.29, 1.82) is 0 Å². The monoisotopic (exact) mass is 273 g/mol. The molecule has 0 atom stereocenters. The largest absolute Gasteiger partial charge is 0.501 e. The number of rotatable bonds is 3. The van der Waals surface area contributed by atoms with E-state index in [1.807, 2.05) is 0 Å².